The molecule has 2 rings (SSSR count). The minimum Gasteiger partial charge on any atom is -0.409 e. The lowest BCUT2D eigenvalue weighted by Gasteiger charge is -2.28. The topological polar surface area (TPSA) is 95.0 Å². The molecule has 0 saturated carbocycles. The van der Waals surface area contributed by atoms with E-state index in [1.165, 1.54) is 0 Å². The van der Waals surface area contributed by atoms with Gasteiger partial charge in [-0.1, -0.05) is 5.16 Å². The van der Waals surface area contributed by atoms with Gasteiger partial charge < -0.3 is 20.9 Å². The van der Waals surface area contributed by atoms with Gasteiger partial charge in [0.15, 0.2) is 5.84 Å². The third-order valence-corrected chi connectivity index (χ3v) is 3.40. The summed E-state index contributed by atoms with van der Waals surface area (Å²) in [4.78, 5) is 6.49. The third kappa shape index (κ3) is 3.01. The van der Waals surface area contributed by atoms with E-state index in [2.05, 4.69) is 10.1 Å². The van der Waals surface area contributed by atoms with Crippen molar-refractivity contribution in [2.45, 2.75) is 38.7 Å². The molecule has 1 aliphatic rings. The number of aromatic nitrogens is 1. The Balaban J connectivity index is 2.45. The normalized spacial score (nSPS) is 15.3. The summed E-state index contributed by atoms with van der Waals surface area (Å²) in [6, 6.07) is 1.95. The Morgan fingerprint density at radius 1 is 1.50 bits per heavy atom. The number of fused-ring (bicyclic) bond motifs is 1. The molecule has 1 aromatic heterocycles. The highest BCUT2D eigenvalue weighted by Gasteiger charge is 2.23. The molecule has 0 atom stereocenters. The highest BCUT2D eigenvalue weighted by molar-refractivity contribution is 6.01. The zero-order valence-corrected chi connectivity index (χ0v) is 12.2. The van der Waals surface area contributed by atoms with Crippen LogP contribution in [0.5, 0.6) is 0 Å². The van der Waals surface area contributed by atoms with Crippen molar-refractivity contribution in [3.05, 3.63) is 22.9 Å². The summed E-state index contributed by atoms with van der Waals surface area (Å²) in [5.74, 6) is 0.688. The summed E-state index contributed by atoms with van der Waals surface area (Å²) in [6.45, 7) is 3.88. The van der Waals surface area contributed by atoms with Crippen molar-refractivity contribution < 1.29 is 10.3 Å². The summed E-state index contributed by atoms with van der Waals surface area (Å²) < 4.78 is 0. The molecule has 0 spiro atoms. The van der Waals surface area contributed by atoms with E-state index >= 15 is 0 Å². The first kappa shape index (κ1) is 14.6. The maximum atomic E-state index is 9.95. The average Bonchev–Trinajstić information content (AvgIpc) is 2.81. The predicted molar refractivity (Wildman–Crippen MR) is 78.3 cm³/mol. The van der Waals surface area contributed by atoms with Gasteiger partial charge in [0.1, 0.15) is 5.82 Å². The average molecular weight is 278 g/mol. The lowest BCUT2D eigenvalue weighted by atomic mass is 10.1. The van der Waals surface area contributed by atoms with Crippen LogP contribution in [0.2, 0.25) is 0 Å². The van der Waals surface area contributed by atoms with Gasteiger partial charge in [-0.2, -0.15) is 0 Å². The van der Waals surface area contributed by atoms with Crippen molar-refractivity contribution in [1.29, 1.82) is 0 Å². The Hall–Kier alpha value is -1.82. The number of aliphatic hydroxyl groups is 1. The van der Waals surface area contributed by atoms with Crippen LogP contribution in [0.25, 0.3) is 0 Å². The molecule has 0 unspecified atom stereocenters. The lowest BCUT2D eigenvalue weighted by molar-refractivity contribution is 0.0884. The van der Waals surface area contributed by atoms with Gasteiger partial charge in [0.2, 0.25) is 0 Å². The fourth-order valence-corrected chi connectivity index (χ4v) is 2.65. The number of hydrogen-bond acceptors (Lipinski definition) is 5. The summed E-state index contributed by atoms with van der Waals surface area (Å²) in [6.07, 6.45) is 3.01. The van der Waals surface area contributed by atoms with E-state index in [-0.39, 0.29) is 5.84 Å². The minimum absolute atomic E-state index is 0.0461. The van der Waals surface area contributed by atoms with Gasteiger partial charge in [-0.05, 0) is 44.7 Å². The van der Waals surface area contributed by atoms with Crippen LogP contribution >= 0.6 is 0 Å². The van der Waals surface area contributed by atoms with Gasteiger partial charge in [-0.25, -0.2) is 4.98 Å². The zero-order valence-electron chi connectivity index (χ0n) is 12.2. The second-order valence-electron chi connectivity index (χ2n) is 5.97. The van der Waals surface area contributed by atoms with Crippen molar-refractivity contribution >= 4 is 11.7 Å². The number of nitrogens with zero attached hydrogens (tertiary/aromatic N) is 3. The SMILES string of the molecule is CN(CC(C)(C)O)c1nc2c(cc1C(N)=NO)CCC2. The van der Waals surface area contributed by atoms with Crippen LogP contribution in [0.4, 0.5) is 5.82 Å². The van der Waals surface area contributed by atoms with E-state index in [4.69, 9.17) is 10.9 Å². The molecule has 1 aliphatic carbocycles. The van der Waals surface area contributed by atoms with E-state index in [1.54, 1.807) is 13.8 Å². The van der Waals surface area contributed by atoms with Crippen LogP contribution in [0.15, 0.2) is 11.2 Å². The van der Waals surface area contributed by atoms with Crippen LogP contribution < -0.4 is 10.6 Å². The molecular formula is C14H22N4O2. The molecule has 1 heterocycles. The first-order chi connectivity index (χ1) is 9.31. The number of aryl methyl sites for hydroxylation is 2. The fourth-order valence-electron chi connectivity index (χ4n) is 2.65. The van der Waals surface area contributed by atoms with Gasteiger partial charge in [-0.15, -0.1) is 0 Å². The van der Waals surface area contributed by atoms with Gasteiger partial charge in [0.25, 0.3) is 0 Å². The number of oxime groups is 1. The van der Waals surface area contributed by atoms with Crippen molar-refractivity contribution in [2.24, 2.45) is 10.9 Å². The van der Waals surface area contributed by atoms with Crippen molar-refractivity contribution in [3.8, 4) is 0 Å². The number of rotatable bonds is 4. The molecule has 6 heteroatoms. The van der Waals surface area contributed by atoms with Crippen LogP contribution in [-0.2, 0) is 12.8 Å². The first-order valence-corrected chi connectivity index (χ1v) is 6.76. The Bertz CT molecular complexity index is 535. The molecule has 0 aliphatic heterocycles. The molecule has 6 nitrogen and oxygen atoms in total. The number of amidine groups is 1. The van der Waals surface area contributed by atoms with Crippen molar-refractivity contribution in [2.75, 3.05) is 18.5 Å². The summed E-state index contributed by atoms with van der Waals surface area (Å²) in [5.41, 5.74) is 7.75. The van der Waals surface area contributed by atoms with E-state index in [1.807, 2.05) is 18.0 Å². The second-order valence-corrected chi connectivity index (χ2v) is 5.97. The summed E-state index contributed by atoms with van der Waals surface area (Å²) in [5, 5.41) is 22.0. The number of nitrogens with two attached hydrogens (primary N) is 1. The van der Waals surface area contributed by atoms with E-state index < -0.39 is 5.60 Å². The largest absolute Gasteiger partial charge is 0.409 e. The number of pyridine rings is 1. The van der Waals surface area contributed by atoms with Crippen molar-refractivity contribution in [3.63, 3.8) is 0 Å². The summed E-state index contributed by atoms with van der Waals surface area (Å²) in [7, 11) is 1.84. The van der Waals surface area contributed by atoms with E-state index in [0.29, 0.717) is 17.9 Å². The van der Waals surface area contributed by atoms with Gasteiger partial charge in [0.05, 0.1) is 11.2 Å². The Kier molecular flexibility index (Phi) is 3.85. The van der Waals surface area contributed by atoms with Crippen molar-refractivity contribution in [1.82, 2.24) is 4.98 Å². The molecule has 0 bridgehead atoms. The molecule has 20 heavy (non-hydrogen) atoms. The van der Waals surface area contributed by atoms with Crippen LogP contribution in [0.1, 0.15) is 37.1 Å². The number of likely N-dealkylation sites (N-methyl/N-ethyl adjacent to an activating group) is 1. The van der Waals surface area contributed by atoms with Gasteiger partial charge in [-0.3, -0.25) is 0 Å². The molecule has 0 radical (unpaired) electrons. The molecule has 0 amide bonds. The maximum Gasteiger partial charge on any atom is 0.173 e. The second kappa shape index (κ2) is 5.28. The molecule has 0 saturated heterocycles. The fraction of sp³-hybridized carbons (Fsp3) is 0.571. The Morgan fingerprint density at radius 2 is 2.20 bits per heavy atom. The van der Waals surface area contributed by atoms with E-state index in [9.17, 15) is 5.11 Å². The van der Waals surface area contributed by atoms with E-state index in [0.717, 1.165) is 30.5 Å². The maximum absolute atomic E-state index is 9.95. The number of anilines is 1. The van der Waals surface area contributed by atoms with Crippen LogP contribution in [0.3, 0.4) is 0 Å². The molecule has 110 valence electrons. The van der Waals surface area contributed by atoms with Crippen LogP contribution in [-0.4, -0.2) is 40.3 Å². The standard InChI is InChI=1S/C14H22N4O2/c1-14(2,19)8-18(3)13-10(12(15)17-20)7-9-5-4-6-11(9)16-13/h7,19-20H,4-6,8H2,1-3H3,(H2,15,17). The van der Waals surface area contributed by atoms with Crippen LogP contribution in [0, 0.1) is 0 Å². The summed E-state index contributed by atoms with van der Waals surface area (Å²) >= 11 is 0. The monoisotopic (exact) mass is 278 g/mol. The quantitative estimate of drug-likeness (QED) is 0.329. The molecule has 0 fully saturated rings. The Labute approximate surface area is 118 Å². The molecular weight excluding hydrogens is 256 g/mol. The van der Waals surface area contributed by atoms with Gasteiger partial charge >= 0.3 is 0 Å². The van der Waals surface area contributed by atoms with Gasteiger partial charge in [0, 0.05) is 19.3 Å². The molecule has 0 aromatic carbocycles. The lowest BCUT2D eigenvalue weighted by Crippen LogP contribution is -2.38. The first-order valence-electron chi connectivity index (χ1n) is 6.76. The predicted octanol–water partition coefficient (Wildman–Crippen LogP) is 0.872. The zero-order chi connectivity index (χ0) is 14.9. The third-order valence-electron chi connectivity index (χ3n) is 3.40. The molecule has 4 N–H and O–H groups in total. The smallest absolute Gasteiger partial charge is 0.173 e. The highest BCUT2D eigenvalue weighted by atomic mass is 16.4. The molecule has 1 aromatic rings. The Morgan fingerprint density at radius 3 is 2.80 bits per heavy atom. The minimum atomic E-state index is -0.849. The number of hydrogen-bond donors (Lipinski definition) is 3. The highest BCUT2D eigenvalue weighted by Crippen LogP contribution is 2.27.